The van der Waals surface area contributed by atoms with Gasteiger partial charge in [-0.25, -0.2) is 4.79 Å². The maximum Gasteiger partial charge on any atom is 0.331 e. The number of hydrogen-bond donors (Lipinski definition) is 0. The van der Waals surface area contributed by atoms with Gasteiger partial charge >= 0.3 is 5.97 Å². The van der Waals surface area contributed by atoms with Gasteiger partial charge in [-0.3, -0.25) is 0 Å². The lowest BCUT2D eigenvalue weighted by atomic mass is 10.2. The van der Waals surface area contributed by atoms with Crippen LogP contribution in [0, 0.1) is 0 Å². The molecular formula is C10H16O2. The average molecular weight is 168 g/mol. The van der Waals surface area contributed by atoms with Crippen LogP contribution in [0.3, 0.4) is 0 Å². The van der Waals surface area contributed by atoms with Crippen molar-refractivity contribution in [1.82, 2.24) is 0 Å². The lowest BCUT2D eigenvalue weighted by molar-refractivity contribution is -0.141. The first-order valence-corrected chi connectivity index (χ1v) is 4.08. The number of allylic oxidation sites excluding steroid dienone is 3. The fraction of sp³-hybridized carbons (Fsp3) is 0.500. The van der Waals surface area contributed by atoms with Gasteiger partial charge in [0.15, 0.2) is 0 Å². The smallest absolute Gasteiger partial charge is 0.331 e. The second-order valence-electron chi connectivity index (χ2n) is 2.87. The molecule has 0 atom stereocenters. The summed E-state index contributed by atoms with van der Waals surface area (Å²) in [5, 5.41) is 0. The molecule has 2 nitrogen and oxygen atoms in total. The van der Waals surface area contributed by atoms with Crippen molar-refractivity contribution in [1.29, 1.82) is 0 Å². The Bertz CT molecular complexity index is 200. The van der Waals surface area contributed by atoms with Gasteiger partial charge in [-0.1, -0.05) is 12.2 Å². The maximum atomic E-state index is 11.0. The minimum absolute atomic E-state index is 0.0489. The van der Waals surface area contributed by atoms with E-state index in [2.05, 4.69) is 0 Å². The average Bonchev–Trinajstić information content (AvgIpc) is 1.84. The Hall–Kier alpha value is -1.05. The predicted octanol–water partition coefficient (Wildman–Crippen LogP) is 2.46. The first-order chi connectivity index (χ1) is 5.56. The Morgan fingerprint density at radius 2 is 2.00 bits per heavy atom. The molecule has 0 aliphatic carbocycles. The van der Waals surface area contributed by atoms with Crippen LogP contribution >= 0.6 is 0 Å². The van der Waals surface area contributed by atoms with Crippen molar-refractivity contribution in [2.24, 2.45) is 0 Å². The van der Waals surface area contributed by atoms with Crippen molar-refractivity contribution in [3.8, 4) is 0 Å². The van der Waals surface area contributed by atoms with E-state index in [1.54, 1.807) is 0 Å². The highest BCUT2D eigenvalue weighted by Gasteiger charge is 2.00. The van der Waals surface area contributed by atoms with Gasteiger partial charge in [0.25, 0.3) is 0 Å². The van der Waals surface area contributed by atoms with Crippen LogP contribution in [0.15, 0.2) is 23.8 Å². The molecule has 68 valence electrons. The zero-order valence-electron chi connectivity index (χ0n) is 8.13. The van der Waals surface area contributed by atoms with E-state index < -0.39 is 0 Å². The minimum Gasteiger partial charge on any atom is -0.460 e. The quantitative estimate of drug-likeness (QED) is 0.367. The number of hydrogen-bond acceptors (Lipinski definition) is 2. The van der Waals surface area contributed by atoms with E-state index in [4.69, 9.17) is 4.74 Å². The van der Waals surface area contributed by atoms with Gasteiger partial charge in [0.2, 0.25) is 0 Å². The summed E-state index contributed by atoms with van der Waals surface area (Å²) in [5.41, 5.74) is 0.906. The zero-order valence-corrected chi connectivity index (χ0v) is 8.13. The highest BCUT2D eigenvalue weighted by atomic mass is 16.5. The van der Waals surface area contributed by atoms with Crippen LogP contribution in [0.2, 0.25) is 0 Å². The maximum absolute atomic E-state index is 11.0. The van der Waals surface area contributed by atoms with Crippen LogP contribution in [0.4, 0.5) is 0 Å². The van der Waals surface area contributed by atoms with Gasteiger partial charge in [0.1, 0.15) is 0 Å². The highest BCUT2D eigenvalue weighted by Crippen LogP contribution is 1.97. The van der Waals surface area contributed by atoms with E-state index >= 15 is 0 Å². The van der Waals surface area contributed by atoms with Crippen molar-refractivity contribution in [2.75, 3.05) is 0 Å². The Morgan fingerprint density at radius 3 is 2.42 bits per heavy atom. The van der Waals surface area contributed by atoms with Crippen LogP contribution < -0.4 is 0 Å². The summed E-state index contributed by atoms with van der Waals surface area (Å²) in [6, 6.07) is 0. The number of rotatable bonds is 3. The minimum atomic E-state index is -0.277. The second kappa shape index (κ2) is 5.58. The van der Waals surface area contributed by atoms with E-state index in [0.29, 0.717) is 0 Å². The molecule has 0 unspecified atom stereocenters. The number of esters is 1. The molecule has 0 rings (SSSR count). The van der Waals surface area contributed by atoms with Crippen LogP contribution in [0.5, 0.6) is 0 Å². The number of ether oxygens (including phenoxy) is 1. The molecule has 0 aliphatic rings. The SMILES string of the molecule is CC=CC(C)=CC(=O)OC(C)C. The topological polar surface area (TPSA) is 26.3 Å². The summed E-state index contributed by atoms with van der Waals surface area (Å²) in [6.45, 7) is 7.43. The number of carbonyl (C=O) groups is 1. The molecule has 0 aromatic carbocycles. The summed E-state index contributed by atoms with van der Waals surface area (Å²) < 4.78 is 4.92. The van der Waals surface area contributed by atoms with E-state index in [9.17, 15) is 4.79 Å². The van der Waals surface area contributed by atoms with Crippen molar-refractivity contribution >= 4 is 5.97 Å². The Labute approximate surface area is 73.9 Å². The van der Waals surface area contributed by atoms with Crippen LogP contribution in [-0.4, -0.2) is 12.1 Å². The second-order valence-corrected chi connectivity index (χ2v) is 2.87. The molecule has 0 N–H and O–H groups in total. The normalized spacial score (nSPS) is 12.6. The molecular weight excluding hydrogens is 152 g/mol. The monoisotopic (exact) mass is 168 g/mol. The predicted molar refractivity (Wildman–Crippen MR) is 49.8 cm³/mol. The summed E-state index contributed by atoms with van der Waals surface area (Å²) >= 11 is 0. The molecule has 0 aromatic rings. The summed E-state index contributed by atoms with van der Waals surface area (Å²) in [4.78, 5) is 11.0. The van der Waals surface area contributed by atoms with Crippen LogP contribution in [0.25, 0.3) is 0 Å². The van der Waals surface area contributed by atoms with Crippen LogP contribution in [-0.2, 0) is 9.53 Å². The van der Waals surface area contributed by atoms with Crippen LogP contribution in [0.1, 0.15) is 27.7 Å². The molecule has 0 aliphatic heterocycles. The highest BCUT2D eigenvalue weighted by molar-refractivity contribution is 5.83. The number of carbonyl (C=O) groups excluding carboxylic acids is 1. The molecule has 0 saturated heterocycles. The fourth-order valence-corrected chi connectivity index (χ4v) is 0.763. The van der Waals surface area contributed by atoms with Gasteiger partial charge in [-0.05, 0) is 33.3 Å². The van der Waals surface area contributed by atoms with Gasteiger partial charge < -0.3 is 4.74 Å². The van der Waals surface area contributed by atoms with Gasteiger partial charge in [0, 0.05) is 6.08 Å². The third kappa shape index (κ3) is 5.71. The molecule has 0 fully saturated rings. The standard InChI is InChI=1S/C10H16O2/c1-5-6-9(4)7-10(11)12-8(2)3/h5-8H,1-4H3. The molecule has 12 heavy (non-hydrogen) atoms. The van der Waals surface area contributed by atoms with Crippen molar-refractivity contribution < 1.29 is 9.53 Å². The molecule has 0 amide bonds. The third-order valence-corrected chi connectivity index (χ3v) is 1.13. The van der Waals surface area contributed by atoms with Gasteiger partial charge in [-0.15, -0.1) is 0 Å². The zero-order chi connectivity index (χ0) is 9.56. The first kappa shape index (κ1) is 11.0. The Kier molecular flexibility index (Phi) is 5.09. The van der Waals surface area contributed by atoms with Crippen molar-refractivity contribution in [2.45, 2.75) is 33.8 Å². The molecule has 0 radical (unpaired) electrons. The molecule has 2 heteroatoms. The summed E-state index contributed by atoms with van der Waals surface area (Å²) in [7, 11) is 0. The summed E-state index contributed by atoms with van der Waals surface area (Å²) in [5.74, 6) is -0.277. The Balaban J connectivity index is 4.05. The molecule has 0 aromatic heterocycles. The van der Waals surface area contributed by atoms with E-state index in [1.807, 2.05) is 39.8 Å². The Morgan fingerprint density at radius 1 is 1.42 bits per heavy atom. The molecule has 0 spiro atoms. The largest absolute Gasteiger partial charge is 0.460 e. The van der Waals surface area contributed by atoms with Crippen molar-refractivity contribution in [3.05, 3.63) is 23.8 Å². The fourth-order valence-electron chi connectivity index (χ4n) is 0.763. The van der Waals surface area contributed by atoms with E-state index in [0.717, 1.165) is 5.57 Å². The van der Waals surface area contributed by atoms with E-state index in [1.165, 1.54) is 6.08 Å². The molecule has 0 saturated carbocycles. The summed E-state index contributed by atoms with van der Waals surface area (Å²) in [6.07, 6.45) is 5.18. The van der Waals surface area contributed by atoms with Gasteiger partial charge in [-0.2, -0.15) is 0 Å². The van der Waals surface area contributed by atoms with E-state index in [-0.39, 0.29) is 12.1 Å². The molecule has 0 bridgehead atoms. The first-order valence-electron chi connectivity index (χ1n) is 4.08. The van der Waals surface area contributed by atoms with Crippen molar-refractivity contribution in [3.63, 3.8) is 0 Å². The third-order valence-electron chi connectivity index (χ3n) is 1.13. The lowest BCUT2D eigenvalue weighted by Crippen LogP contribution is -2.08. The lowest BCUT2D eigenvalue weighted by Gasteiger charge is -2.04. The molecule has 0 heterocycles. The van der Waals surface area contributed by atoms with Gasteiger partial charge in [0.05, 0.1) is 6.10 Å².